The molecule has 2 rings (SSSR count). The van der Waals surface area contributed by atoms with Gasteiger partial charge < -0.3 is 15.2 Å². The first-order valence-corrected chi connectivity index (χ1v) is 7.22. The van der Waals surface area contributed by atoms with E-state index in [2.05, 4.69) is 42.0 Å². The molecule has 20 heavy (non-hydrogen) atoms. The van der Waals surface area contributed by atoms with Gasteiger partial charge in [0.15, 0.2) is 0 Å². The summed E-state index contributed by atoms with van der Waals surface area (Å²) in [5, 5.41) is 12.6. The molecule has 1 aliphatic rings. The minimum absolute atomic E-state index is 0.0603. The van der Waals surface area contributed by atoms with Crippen molar-refractivity contribution in [1.82, 2.24) is 9.88 Å². The maximum absolute atomic E-state index is 9.34. The van der Waals surface area contributed by atoms with E-state index < -0.39 is 0 Å². The first-order valence-electron chi connectivity index (χ1n) is 7.22. The fourth-order valence-electron chi connectivity index (χ4n) is 2.74. The van der Waals surface area contributed by atoms with Gasteiger partial charge in [-0.05, 0) is 32.9 Å². The van der Waals surface area contributed by atoms with Crippen LogP contribution in [-0.2, 0) is 11.3 Å². The summed E-state index contributed by atoms with van der Waals surface area (Å²) in [6.07, 6.45) is 1.72. The molecule has 2 N–H and O–H groups in total. The van der Waals surface area contributed by atoms with Crippen molar-refractivity contribution in [2.75, 3.05) is 31.6 Å². The number of aliphatic hydroxyl groups is 1. The summed E-state index contributed by atoms with van der Waals surface area (Å²) in [6, 6.07) is 4.06. The first-order chi connectivity index (χ1) is 9.52. The zero-order valence-corrected chi connectivity index (χ0v) is 12.6. The first kappa shape index (κ1) is 15.2. The molecule has 1 aromatic heterocycles. The van der Waals surface area contributed by atoms with Crippen LogP contribution in [0.5, 0.6) is 0 Å². The Morgan fingerprint density at radius 3 is 3.05 bits per heavy atom. The second-order valence-electron chi connectivity index (χ2n) is 5.92. The van der Waals surface area contributed by atoms with Gasteiger partial charge in [0.1, 0.15) is 0 Å². The smallest absolute Gasteiger partial charge is 0.0940 e. The van der Waals surface area contributed by atoms with Crippen LogP contribution < -0.4 is 5.32 Å². The minimum atomic E-state index is -0.231. The molecule has 0 aliphatic carbocycles. The molecule has 0 spiro atoms. The fraction of sp³-hybridized carbons (Fsp3) is 0.667. The van der Waals surface area contributed by atoms with Crippen molar-refractivity contribution in [3.63, 3.8) is 0 Å². The van der Waals surface area contributed by atoms with Crippen LogP contribution in [-0.4, -0.2) is 52.9 Å². The molecule has 1 unspecified atom stereocenters. The lowest BCUT2D eigenvalue weighted by Gasteiger charge is -2.42. The molecule has 112 valence electrons. The van der Waals surface area contributed by atoms with Gasteiger partial charge in [0.05, 0.1) is 24.0 Å². The Morgan fingerprint density at radius 1 is 1.55 bits per heavy atom. The van der Waals surface area contributed by atoms with Gasteiger partial charge in [-0.1, -0.05) is 0 Å². The predicted molar refractivity (Wildman–Crippen MR) is 79.7 cm³/mol. The largest absolute Gasteiger partial charge is 0.394 e. The molecule has 1 atom stereocenters. The summed E-state index contributed by atoms with van der Waals surface area (Å²) >= 11 is 0. The Balaban J connectivity index is 2.03. The Hall–Kier alpha value is -1.17. The summed E-state index contributed by atoms with van der Waals surface area (Å²) in [4.78, 5) is 6.72. The highest BCUT2D eigenvalue weighted by Gasteiger charge is 2.33. The summed E-state index contributed by atoms with van der Waals surface area (Å²) in [5.74, 6) is 0. The van der Waals surface area contributed by atoms with E-state index in [9.17, 15) is 5.11 Å². The number of anilines is 1. The molecule has 5 nitrogen and oxygen atoms in total. The standard InChI is InChI=1S/C15H25N3O2/c1-4-16-12-5-6-17-13(7-12)8-18-9-14(10-19)20-15(2,3)11-18/h5-7,14,19H,4,8-11H2,1-3H3,(H,16,17). The van der Waals surface area contributed by atoms with Crippen LogP contribution in [0.3, 0.4) is 0 Å². The maximum atomic E-state index is 9.34. The Kier molecular flexibility index (Phi) is 4.96. The van der Waals surface area contributed by atoms with Crippen molar-refractivity contribution in [2.45, 2.75) is 39.0 Å². The van der Waals surface area contributed by atoms with Crippen molar-refractivity contribution in [3.8, 4) is 0 Å². The SMILES string of the molecule is CCNc1ccnc(CN2CC(CO)OC(C)(C)C2)c1. The summed E-state index contributed by atoms with van der Waals surface area (Å²) in [7, 11) is 0. The summed E-state index contributed by atoms with van der Waals surface area (Å²) < 4.78 is 5.83. The van der Waals surface area contributed by atoms with Crippen LogP contribution in [0.25, 0.3) is 0 Å². The summed E-state index contributed by atoms with van der Waals surface area (Å²) in [6.45, 7) is 9.53. The number of rotatable bonds is 5. The number of ether oxygens (including phenoxy) is 1. The van der Waals surface area contributed by atoms with E-state index in [4.69, 9.17) is 4.74 Å². The second kappa shape index (κ2) is 6.52. The molecule has 0 radical (unpaired) electrons. The third kappa shape index (κ3) is 4.16. The van der Waals surface area contributed by atoms with Crippen LogP contribution >= 0.6 is 0 Å². The van der Waals surface area contributed by atoms with Crippen LogP contribution in [0.2, 0.25) is 0 Å². The van der Waals surface area contributed by atoms with E-state index in [-0.39, 0.29) is 18.3 Å². The van der Waals surface area contributed by atoms with Crippen LogP contribution in [0.4, 0.5) is 5.69 Å². The molecule has 1 aliphatic heterocycles. The minimum Gasteiger partial charge on any atom is -0.394 e. The van der Waals surface area contributed by atoms with Gasteiger partial charge in [-0.25, -0.2) is 0 Å². The quantitative estimate of drug-likeness (QED) is 0.855. The zero-order valence-electron chi connectivity index (χ0n) is 12.6. The molecule has 0 bridgehead atoms. The van der Waals surface area contributed by atoms with Gasteiger partial charge in [-0.2, -0.15) is 0 Å². The van der Waals surface area contributed by atoms with Crippen molar-refractivity contribution in [3.05, 3.63) is 24.0 Å². The Bertz CT molecular complexity index is 437. The average molecular weight is 279 g/mol. The van der Waals surface area contributed by atoms with Gasteiger partial charge in [0.2, 0.25) is 0 Å². The third-order valence-corrected chi connectivity index (χ3v) is 3.34. The molecular weight excluding hydrogens is 254 g/mol. The maximum Gasteiger partial charge on any atom is 0.0940 e. The molecule has 5 heteroatoms. The van der Waals surface area contributed by atoms with Crippen LogP contribution in [0.1, 0.15) is 26.5 Å². The van der Waals surface area contributed by atoms with E-state index in [1.165, 1.54) is 0 Å². The highest BCUT2D eigenvalue weighted by molar-refractivity contribution is 5.42. The monoisotopic (exact) mass is 279 g/mol. The van der Waals surface area contributed by atoms with Crippen molar-refractivity contribution >= 4 is 5.69 Å². The molecule has 1 fully saturated rings. The van der Waals surface area contributed by atoms with E-state index in [1.54, 1.807) is 0 Å². The average Bonchev–Trinajstić information content (AvgIpc) is 2.37. The lowest BCUT2D eigenvalue weighted by atomic mass is 10.0. The number of hydrogen-bond acceptors (Lipinski definition) is 5. The molecule has 0 aromatic carbocycles. The molecule has 0 saturated carbocycles. The van der Waals surface area contributed by atoms with E-state index >= 15 is 0 Å². The highest BCUT2D eigenvalue weighted by atomic mass is 16.5. The number of morpholine rings is 1. The topological polar surface area (TPSA) is 57.6 Å². The van der Waals surface area contributed by atoms with Gasteiger partial charge in [0.25, 0.3) is 0 Å². The summed E-state index contributed by atoms with van der Waals surface area (Å²) in [5.41, 5.74) is 1.91. The van der Waals surface area contributed by atoms with Gasteiger partial charge in [0, 0.05) is 38.1 Å². The van der Waals surface area contributed by atoms with E-state index in [0.717, 1.165) is 37.6 Å². The number of hydrogen-bond donors (Lipinski definition) is 2. The van der Waals surface area contributed by atoms with Crippen molar-refractivity contribution in [2.24, 2.45) is 0 Å². The normalized spacial score (nSPS) is 22.7. The third-order valence-electron chi connectivity index (χ3n) is 3.34. The number of nitrogens with one attached hydrogen (secondary N) is 1. The zero-order chi connectivity index (χ0) is 14.6. The Labute approximate surface area is 121 Å². The number of nitrogens with zero attached hydrogens (tertiary/aromatic N) is 2. The fourth-order valence-corrected chi connectivity index (χ4v) is 2.74. The lowest BCUT2D eigenvalue weighted by molar-refractivity contribution is -0.150. The number of aliphatic hydroxyl groups excluding tert-OH is 1. The molecule has 1 aromatic rings. The van der Waals surface area contributed by atoms with Gasteiger partial charge in [-0.3, -0.25) is 9.88 Å². The highest BCUT2D eigenvalue weighted by Crippen LogP contribution is 2.22. The molecule has 2 heterocycles. The number of pyridine rings is 1. The number of aromatic nitrogens is 1. The predicted octanol–water partition coefficient (Wildman–Crippen LogP) is 1.49. The van der Waals surface area contributed by atoms with Crippen molar-refractivity contribution < 1.29 is 9.84 Å². The lowest BCUT2D eigenvalue weighted by Crippen LogP contribution is -2.53. The van der Waals surface area contributed by atoms with E-state index in [1.807, 2.05) is 12.3 Å². The second-order valence-corrected chi connectivity index (χ2v) is 5.92. The van der Waals surface area contributed by atoms with Gasteiger partial charge >= 0.3 is 0 Å². The van der Waals surface area contributed by atoms with Crippen molar-refractivity contribution in [1.29, 1.82) is 0 Å². The van der Waals surface area contributed by atoms with Crippen LogP contribution in [0, 0.1) is 0 Å². The Morgan fingerprint density at radius 2 is 2.35 bits per heavy atom. The molecule has 1 saturated heterocycles. The van der Waals surface area contributed by atoms with Gasteiger partial charge in [-0.15, -0.1) is 0 Å². The molecule has 0 amide bonds. The molecular formula is C15H25N3O2. The van der Waals surface area contributed by atoms with Crippen LogP contribution in [0.15, 0.2) is 18.3 Å². The van der Waals surface area contributed by atoms with E-state index in [0.29, 0.717) is 0 Å².